The molecular formula is C11H11F3N2O2. The van der Waals surface area contributed by atoms with Crippen LogP contribution in [0.5, 0.6) is 5.88 Å². The molecule has 0 aromatic carbocycles. The van der Waals surface area contributed by atoms with Gasteiger partial charge in [0.05, 0.1) is 0 Å². The molecule has 2 N–H and O–H groups in total. The standard InChI is InChI=1S/C11H11F3N2O2/c1-2-3-6-18-10-7(9(15)17)4-5-8(16-10)11(12,13)14/h2-5H,6H2,1H3,(H2,15,17). The van der Waals surface area contributed by atoms with Crippen LogP contribution < -0.4 is 10.5 Å². The average Bonchev–Trinajstić information content (AvgIpc) is 2.27. The van der Waals surface area contributed by atoms with Crippen LogP contribution in [0.15, 0.2) is 24.3 Å². The minimum atomic E-state index is -4.60. The van der Waals surface area contributed by atoms with E-state index < -0.39 is 23.7 Å². The molecule has 1 rings (SSSR count). The fourth-order valence-corrected chi connectivity index (χ4v) is 1.12. The Bertz CT molecular complexity index is 470. The van der Waals surface area contributed by atoms with E-state index in [1.54, 1.807) is 19.1 Å². The molecule has 0 saturated heterocycles. The number of alkyl halides is 3. The van der Waals surface area contributed by atoms with Crippen LogP contribution in [0.4, 0.5) is 13.2 Å². The van der Waals surface area contributed by atoms with Gasteiger partial charge in [-0.15, -0.1) is 0 Å². The third-order valence-electron chi connectivity index (χ3n) is 1.97. The zero-order chi connectivity index (χ0) is 13.8. The molecule has 4 nitrogen and oxygen atoms in total. The number of carbonyl (C=O) groups excluding carboxylic acids is 1. The van der Waals surface area contributed by atoms with E-state index >= 15 is 0 Å². The summed E-state index contributed by atoms with van der Waals surface area (Å²) in [4.78, 5) is 14.3. The van der Waals surface area contributed by atoms with Crippen LogP contribution in [-0.2, 0) is 6.18 Å². The van der Waals surface area contributed by atoms with Gasteiger partial charge in [-0.3, -0.25) is 4.79 Å². The summed E-state index contributed by atoms with van der Waals surface area (Å²) in [7, 11) is 0. The van der Waals surface area contributed by atoms with Crippen LogP contribution in [0.3, 0.4) is 0 Å². The predicted molar refractivity (Wildman–Crippen MR) is 58.1 cm³/mol. The summed E-state index contributed by atoms with van der Waals surface area (Å²) in [5.74, 6) is -1.32. The first-order valence-corrected chi connectivity index (χ1v) is 4.98. The lowest BCUT2D eigenvalue weighted by atomic mass is 10.2. The molecule has 1 amide bonds. The Kier molecular flexibility index (Phi) is 4.30. The van der Waals surface area contributed by atoms with Gasteiger partial charge in [0.1, 0.15) is 17.9 Å². The lowest BCUT2D eigenvalue weighted by Crippen LogP contribution is -2.17. The number of carbonyl (C=O) groups is 1. The molecule has 0 aliphatic rings. The highest BCUT2D eigenvalue weighted by molar-refractivity contribution is 5.95. The van der Waals surface area contributed by atoms with E-state index in [1.165, 1.54) is 0 Å². The van der Waals surface area contributed by atoms with Crippen molar-refractivity contribution < 1.29 is 22.7 Å². The highest BCUT2D eigenvalue weighted by Gasteiger charge is 2.33. The number of hydrogen-bond donors (Lipinski definition) is 1. The van der Waals surface area contributed by atoms with E-state index in [-0.39, 0.29) is 12.2 Å². The van der Waals surface area contributed by atoms with Crippen LogP contribution in [0, 0.1) is 0 Å². The first-order valence-electron chi connectivity index (χ1n) is 4.98. The van der Waals surface area contributed by atoms with Crippen molar-refractivity contribution in [1.29, 1.82) is 0 Å². The second kappa shape index (κ2) is 5.52. The zero-order valence-corrected chi connectivity index (χ0v) is 9.49. The Morgan fingerprint density at radius 2 is 2.17 bits per heavy atom. The van der Waals surface area contributed by atoms with E-state index in [2.05, 4.69) is 4.98 Å². The van der Waals surface area contributed by atoms with Gasteiger partial charge in [0, 0.05) is 0 Å². The normalized spacial score (nSPS) is 11.8. The molecule has 0 bridgehead atoms. The fourth-order valence-electron chi connectivity index (χ4n) is 1.12. The third kappa shape index (κ3) is 3.47. The summed E-state index contributed by atoms with van der Waals surface area (Å²) in [5, 5.41) is 0. The quantitative estimate of drug-likeness (QED) is 0.843. The molecule has 18 heavy (non-hydrogen) atoms. The molecule has 0 spiro atoms. The number of nitrogens with two attached hydrogens (primary N) is 1. The highest BCUT2D eigenvalue weighted by Crippen LogP contribution is 2.30. The number of hydrogen-bond acceptors (Lipinski definition) is 3. The van der Waals surface area contributed by atoms with Crippen LogP contribution in [0.2, 0.25) is 0 Å². The molecule has 1 aromatic heterocycles. The second-order valence-corrected chi connectivity index (χ2v) is 3.29. The maximum Gasteiger partial charge on any atom is 0.433 e. The molecule has 0 unspecified atom stereocenters. The summed E-state index contributed by atoms with van der Waals surface area (Å²) in [6.45, 7) is 1.73. The fraction of sp³-hybridized carbons (Fsp3) is 0.273. The first-order chi connectivity index (χ1) is 8.36. The van der Waals surface area contributed by atoms with Gasteiger partial charge in [0.15, 0.2) is 0 Å². The molecule has 0 aliphatic carbocycles. The monoisotopic (exact) mass is 260 g/mol. The summed E-state index contributed by atoms with van der Waals surface area (Å²) in [6.07, 6.45) is -1.39. The van der Waals surface area contributed by atoms with Crippen molar-refractivity contribution in [3.63, 3.8) is 0 Å². The Morgan fingerprint density at radius 1 is 1.50 bits per heavy atom. The highest BCUT2D eigenvalue weighted by atomic mass is 19.4. The summed E-state index contributed by atoms with van der Waals surface area (Å²) >= 11 is 0. The van der Waals surface area contributed by atoms with Crippen LogP contribution in [0.25, 0.3) is 0 Å². The number of amides is 1. The number of primary amides is 1. The SMILES string of the molecule is CC=CCOc1nc(C(F)(F)F)ccc1C(N)=O. The molecule has 0 radical (unpaired) electrons. The second-order valence-electron chi connectivity index (χ2n) is 3.29. The first kappa shape index (κ1) is 14.0. The summed E-state index contributed by atoms with van der Waals surface area (Å²) < 4.78 is 42.3. The summed E-state index contributed by atoms with van der Waals surface area (Å²) in [5.41, 5.74) is 3.70. The number of nitrogens with zero attached hydrogens (tertiary/aromatic N) is 1. The van der Waals surface area contributed by atoms with Crippen molar-refractivity contribution >= 4 is 5.91 Å². The Hall–Kier alpha value is -2.05. The van der Waals surface area contributed by atoms with Crippen LogP contribution in [-0.4, -0.2) is 17.5 Å². The topological polar surface area (TPSA) is 65.2 Å². The van der Waals surface area contributed by atoms with Crippen LogP contribution in [0.1, 0.15) is 23.0 Å². The minimum absolute atomic E-state index is 0.00505. The van der Waals surface area contributed by atoms with Gasteiger partial charge in [-0.05, 0) is 19.1 Å². The summed E-state index contributed by atoms with van der Waals surface area (Å²) in [6, 6.07) is 1.63. The molecule has 7 heteroatoms. The van der Waals surface area contributed by atoms with Gasteiger partial charge in [-0.25, -0.2) is 4.98 Å². The Balaban J connectivity index is 3.11. The number of halogens is 3. The minimum Gasteiger partial charge on any atom is -0.473 e. The van der Waals surface area contributed by atoms with Crippen molar-refractivity contribution in [2.24, 2.45) is 5.73 Å². The van der Waals surface area contributed by atoms with Crippen molar-refractivity contribution in [2.45, 2.75) is 13.1 Å². The van der Waals surface area contributed by atoms with Crippen molar-refractivity contribution in [3.05, 3.63) is 35.5 Å². The molecule has 98 valence electrons. The van der Waals surface area contributed by atoms with Gasteiger partial charge in [-0.1, -0.05) is 12.2 Å². The Labute approximate surface area is 101 Å². The molecule has 0 aliphatic heterocycles. The molecule has 0 atom stereocenters. The molecule has 1 aromatic rings. The maximum atomic E-state index is 12.4. The largest absolute Gasteiger partial charge is 0.473 e. The van der Waals surface area contributed by atoms with Gasteiger partial charge < -0.3 is 10.5 Å². The van der Waals surface area contributed by atoms with E-state index in [9.17, 15) is 18.0 Å². The average molecular weight is 260 g/mol. The van der Waals surface area contributed by atoms with E-state index in [0.717, 1.165) is 6.07 Å². The number of ether oxygens (including phenoxy) is 1. The Morgan fingerprint density at radius 3 is 2.67 bits per heavy atom. The van der Waals surface area contributed by atoms with Crippen LogP contribution >= 0.6 is 0 Å². The predicted octanol–water partition coefficient (Wildman–Crippen LogP) is 2.15. The smallest absolute Gasteiger partial charge is 0.433 e. The van der Waals surface area contributed by atoms with Crippen molar-refractivity contribution in [1.82, 2.24) is 4.98 Å². The van der Waals surface area contributed by atoms with E-state index in [0.29, 0.717) is 6.07 Å². The van der Waals surface area contributed by atoms with E-state index in [1.807, 2.05) is 0 Å². The number of aromatic nitrogens is 1. The van der Waals surface area contributed by atoms with E-state index in [4.69, 9.17) is 10.5 Å². The van der Waals surface area contributed by atoms with Gasteiger partial charge in [0.25, 0.3) is 5.91 Å². The lowest BCUT2D eigenvalue weighted by molar-refractivity contribution is -0.141. The zero-order valence-electron chi connectivity index (χ0n) is 9.49. The molecule has 0 fully saturated rings. The van der Waals surface area contributed by atoms with Gasteiger partial charge in [0.2, 0.25) is 5.88 Å². The number of pyridine rings is 1. The lowest BCUT2D eigenvalue weighted by Gasteiger charge is -2.10. The number of allylic oxidation sites excluding steroid dienone is 1. The maximum absolute atomic E-state index is 12.4. The molecular weight excluding hydrogens is 249 g/mol. The van der Waals surface area contributed by atoms with Crippen molar-refractivity contribution in [2.75, 3.05) is 6.61 Å². The number of rotatable bonds is 4. The third-order valence-corrected chi connectivity index (χ3v) is 1.97. The van der Waals surface area contributed by atoms with Crippen molar-refractivity contribution in [3.8, 4) is 5.88 Å². The molecule has 1 heterocycles. The van der Waals surface area contributed by atoms with Gasteiger partial charge >= 0.3 is 6.18 Å². The molecule has 0 saturated carbocycles. The van der Waals surface area contributed by atoms with Gasteiger partial charge in [-0.2, -0.15) is 13.2 Å².